The van der Waals surface area contributed by atoms with Gasteiger partial charge in [-0.3, -0.25) is 14.4 Å². The van der Waals surface area contributed by atoms with Crippen molar-refractivity contribution in [1.29, 1.82) is 0 Å². The van der Waals surface area contributed by atoms with E-state index >= 15 is 0 Å². The summed E-state index contributed by atoms with van der Waals surface area (Å²) in [4.78, 5) is 13.9. The summed E-state index contributed by atoms with van der Waals surface area (Å²) in [6.07, 6.45) is 7.53. The molecule has 1 amide bonds. The van der Waals surface area contributed by atoms with E-state index in [1.165, 1.54) is 32.4 Å². The first-order valence-electron chi connectivity index (χ1n) is 7.00. The fourth-order valence-electron chi connectivity index (χ4n) is 3.22. The van der Waals surface area contributed by atoms with Crippen LogP contribution in [0.5, 0.6) is 0 Å². The molecule has 0 aromatic carbocycles. The van der Waals surface area contributed by atoms with Crippen molar-refractivity contribution < 1.29 is 4.79 Å². The first kappa shape index (κ1) is 12.5. The molecule has 0 saturated carbocycles. The Hall–Kier alpha value is -1.56. The molecule has 3 rings (SSSR count). The van der Waals surface area contributed by atoms with Gasteiger partial charge in [-0.2, -0.15) is 5.10 Å². The van der Waals surface area contributed by atoms with Crippen molar-refractivity contribution in [2.75, 3.05) is 25.5 Å². The minimum atomic E-state index is -0.0301. The molecule has 0 bridgehead atoms. The van der Waals surface area contributed by atoms with Gasteiger partial charge in [0, 0.05) is 31.9 Å². The van der Waals surface area contributed by atoms with E-state index in [4.69, 9.17) is 0 Å². The number of carbonyl (C=O) groups is 1. The second-order valence-electron chi connectivity index (χ2n) is 5.38. The summed E-state index contributed by atoms with van der Waals surface area (Å²) in [5.74, 6) is -0.0301. The summed E-state index contributed by atoms with van der Waals surface area (Å²) >= 11 is 0. The number of fused-ring (bicyclic) bond motifs is 1. The van der Waals surface area contributed by atoms with Crippen LogP contribution in [-0.4, -0.2) is 52.8 Å². The smallest absolute Gasteiger partial charge is 0.241 e. The molecule has 19 heavy (non-hydrogen) atoms. The molecule has 1 aromatic rings. The van der Waals surface area contributed by atoms with Crippen molar-refractivity contribution in [3.63, 3.8) is 0 Å². The molecule has 3 heterocycles. The molecular formula is C13H21N5O. The average Bonchev–Trinajstić information content (AvgIpc) is 3.08. The third-order valence-electron chi connectivity index (χ3n) is 4.18. The summed E-state index contributed by atoms with van der Waals surface area (Å²) in [6, 6.07) is 1.21. The Labute approximate surface area is 113 Å². The molecule has 2 N–H and O–H groups in total. The summed E-state index contributed by atoms with van der Waals surface area (Å²) in [5, 5.41) is 10.4. The van der Waals surface area contributed by atoms with Crippen LogP contribution in [0, 0.1) is 0 Å². The minimum absolute atomic E-state index is 0.0301. The maximum absolute atomic E-state index is 11.3. The zero-order chi connectivity index (χ0) is 13.2. The van der Waals surface area contributed by atoms with E-state index in [9.17, 15) is 4.79 Å². The summed E-state index contributed by atoms with van der Waals surface area (Å²) in [6.45, 7) is 2.73. The number of likely N-dealkylation sites (N-methyl/N-ethyl adjacent to an activating group) is 1. The molecule has 2 aliphatic rings. The number of nitrogens with zero attached hydrogens (tertiary/aromatic N) is 3. The lowest BCUT2D eigenvalue weighted by Crippen LogP contribution is -2.33. The number of amides is 1. The zero-order valence-corrected chi connectivity index (χ0v) is 11.3. The molecule has 0 aliphatic carbocycles. The van der Waals surface area contributed by atoms with E-state index in [1.54, 1.807) is 17.9 Å². The molecule has 2 fully saturated rings. The Morgan fingerprint density at radius 2 is 2.37 bits per heavy atom. The number of nitrogens with one attached hydrogen (secondary N) is 2. The third kappa shape index (κ3) is 2.58. The number of anilines is 1. The Kier molecular flexibility index (Phi) is 3.42. The van der Waals surface area contributed by atoms with Gasteiger partial charge in [0.25, 0.3) is 0 Å². The maximum atomic E-state index is 11.3. The van der Waals surface area contributed by atoms with Crippen LogP contribution >= 0.6 is 0 Å². The van der Waals surface area contributed by atoms with Gasteiger partial charge in [0.2, 0.25) is 5.91 Å². The molecule has 0 radical (unpaired) electrons. The third-order valence-corrected chi connectivity index (χ3v) is 4.18. The minimum Gasteiger partial charge on any atom is -0.378 e. The van der Waals surface area contributed by atoms with Crippen molar-refractivity contribution in [3.05, 3.63) is 12.4 Å². The van der Waals surface area contributed by atoms with Crippen molar-refractivity contribution in [3.8, 4) is 0 Å². The van der Waals surface area contributed by atoms with Crippen LogP contribution in [0.15, 0.2) is 12.4 Å². The second kappa shape index (κ2) is 5.21. The number of carbonyl (C=O) groups excluding carboxylic acids is 1. The van der Waals surface area contributed by atoms with Gasteiger partial charge in [-0.15, -0.1) is 0 Å². The summed E-state index contributed by atoms with van der Waals surface area (Å²) < 4.78 is 1.67. The van der Waals surface area contributed by atoms with Crippen LogP contribution < -0.4 is 10.6 Å². The van der Waals surface area contributed by atoms with E-state index in [0.29, 0.717) is 12.1 Å². The van der Waals surface area contributed by atoms with Gasteiger partial charge in [0.1, 0.15) is 6.54 Å². The first-order chi connectivity index (χ1) is 9.26. The Morgan fingerprint density at radius 3 is 3.21 bits per heavy atom. The molecule has 2 aliphatic heterocycles. The van der Waals surface area contributed by atoms with Crippen LogP contribution in [0.1, 0.15) is 19.3 Å². The molecule has 6 nitrogen and oxygen atoms in total. The van der Waals surface area contributed by atoms with Crippen LogP contribution in [-0.2, 0) is 11.3 Å². The van der Waals surface area contributed by atoms with Gasteiger partial charge >= 0.3 is 0 Å². The number of hydrogen-bond donors (Lipinski definition) is 2. The molecule has 2 unspecified atom stereocenters. The Bertz CT molecular complexity index is 458. The van der Waals surface area contributed by atoms with Gasteiger partial charge in [0.15, 0.2) is 0 Å². The van der Waals surface area contributed by atoms with Crippen molar-refractivity contribution in [1.82, 2.24) is 20.0 Å². The van der Waals surface area contributed by atoms with Crippen LogP contribution in [0.4, 0.5) is 5.69 Å². The quantitative estimate of drug-likeness (QED) is 0.819. The highest BCUT2D eigenvalue weighted by Crippen LogP contribution is 2.29. The molecular weight excluding hydrogens is 242 g/mol. The Morgan fingerprint density at radius 1 is 1.47 bits per heavy atom. The fraction of sp³-hybridized carbons (Fsp3) is 0.692. The fourth-order valence-corrected chi connectivity index (χ4v) is 3.22. The second-order valence-corrected chi connectivity index (χ2v) is 5.38. The molecule has 6 heteroatoms. The molecule has 0 spiro atoms. The standard InChI is InChI=1S/C13H21N5O/c1-14-13(19)9-18-8-10(7-15-18)16-11-4-6-17-5-2-3-12(11)17/h7-8,11-12,16H,2-6,9H2,1H3,(H,14,19). The topological polar surface area (TPSA) is 62.2 Å². The lowest BCUT2D eigenvalue weighted by atomic mass is 10.1. The van der Waals surface area contributed by atoms with E-state index in [2.05, 4.69) is 20.6 Å². The number of hydrogen-bond acceptors (Lipinski definition) is 4. The van der Waals surface area contributed by atoms with Gasteiger partial charge < -0.3 is 10.6 Å². The van der Waals surface area contributed by atoms with Crippen molar-refractivity contribution in [2.45, 2.75) is 37.9 Å². The lowest BCUT2D eigenvalue weighted by Gasteiger charge is -2.21. The van der Waals surface area contributed by atoms with Crippen LogP contribution in [0.3, 0.4) is 0 Å². The predicted octanol–water partition coefficient (Wildman–Crippen LogP) is 0.278. The van der Waals surface area contributed by atoms with E-state index in [1.807, 2.05) is 6.20 Å². The van der Waals surface area contributed by atoms with Crippen molar-refractivity contribution >= 4 is 11.6 Å². The van der Waals surface area contributed by atoms with Gasteiger partial charge in [-0.25, -0.2) is 0 Å². The maximum Gasteiger partial charge on any atom is 0.241 e. The van der Waals surface area contributed by atoms with Gasteiger partial charge in [-0.05, 0) is 25.8 Å². The Balaban J connectivity index is 1.59. The van der Waals surface area contributed by atoms with E-state index in [-0.39, 0.29) is 12.5 Å². The highest BCUT2D eigenvalue weighted by molar-refractivity contribution is 5.75. The highest BCUT2D eigenvalue weighted by atomic mass is 16.1. The molecule has 2 saturated heterocycles. The largest absolute Gasteiger partial charge is 0.378 e. The van der Waals surface area contributed by atoms with E-state index < -0.39 is 0 Å². The van der Waals surface area contributed by atoms with Crippen molar-refractivity contribution in [2.24, 2.45) is 0 Å². The molecule has 104 valence electrons. The van der Waals surface area contributed by atoms with Crippen LogP contribution in [0.2, 0.25) is 0 Å². The normalized spacial score (nSPS) is 26.4. The summed E-state index contributed by atoms with van der Waals surface area (Å²) in [5.41, 5.74) is 1.02. The SMILES string of the molecule is CNC(=O)Cn1cc(NC2CCN3CCCC23)cn1. The lowest BCUT2D eigenvalue weighted by molar-refractivity contribution is -0.121. The summed E-state index contributed by atoms with van der Waals surface area (Å²) in [7, 11) is 1.64. The number of aromatic nitrogens is 2. The zero-order valence-electron chi connectivity index (χ0n) is 11.3. The first-order valence-corrected chi connectivity index (χ1v) is 7.00. The van der Waals surface area contributed by atoms with Gasteiger partial charge in [0.05, 0.1) is 11.9 Å². The predicted molar refractivity (Wildman–Crippen MR) is 72.9 cm³/mol. The highest BCUT2D eigenvalue weighted by Gasteiger charge is 2.37. The average molecular weight is 263 g/mol. The monoisotopic (exact) mass is 263 g/mol. The van der Waals surface area contributed by atoms with Crippen LogP contribution in [0.25, 0.3) is 0 Å². The van der Waals surface area contributed by atoms with E-state index in [0.717, 1.165) is 5.69 Å². The number of rotatable bonds is 4. The van der Waals surface area contributed by atoms with Gasteiger partial charge in [-0.1, -0.05) is 0 Å². The molecule has 1 aromatic heterocycles. The molecule has 2 atom stereocenters.